The molecule has 0 fully saturated rings. The Bertz CT molecular complexity index is 1340. The van der Waals surface area contributed by atoms with Gasteiger partial charge < -0.3 is 4.74 Å². The van der Waals surface area contributed by atoms with Crippen LogP contribution in [0.4, 0.5) is 11.4 Å². The van der Waals surface area contributed by atoms with Gasteiger partial charge in [-0.1, -0.05) is 18.2 Å². The van der Waals surface area contributed by atoms with Crippen LogP contribution < -0.4 is 10.0 Å². The molecule has 0 unspecified atom stereocenters. The number of ether oxygens (including phenoxy) is 1. The van der Waals surface area contributed by atoms with Gasteiger partial charge in [0.1, 0.15) is 6.61 Å². The van der Waals surface area contributed by atoms with Crippen molar-refractivity contribution in [3.63, 3.8) is 0 Å². The number of rotatable bonds is 8. The van der Waals surface area contributed by atoms with Gasteiger partial charge >= 0.3 is 0 Å². The van der Waals surface area contributed by atoms with Gasteiger partial charge in [-0.3, -0.25) is 14.6 Å². The Kier molecular flexibility index (Phi) is 6.43. The maximum Gasteiger partial charge on any atom is 0.293 e. The lowest BCUT2D eigenvalue weighted by Crippen LogP contribution is -2.41. The number of nitrogens with zero attached hydrogens (tertiary/aromatic N) is 2. The number of benzene rings is 3. The smallest absolute Gasteiger partial charge is 0.293 e. The van der Waals surface area contributed by atoms with Crippen LogP contribution >= 0.6 is 0 Å². The van der Waals surface area contributed by atoms with E-state index in [1.54, 1.807) is 23.2 Å². The van der Waals surface area contributed by atoms with Crippen LogP contribution in [0.2, 0.25) is 0 Å². The van der Waals surface area contributed by atoms with Crippen LogP contribution in [0.3, 0.4) is 0 Å². The van der Waals surface area contributed by atoms with E-state index in [-0.39, 0.29) is 11.5 Å². The van der Waals surface area contributed by atoms with Crippen molar-refractivity contribution in [1.82, 2.24) is 0 Å². The van der Waals surface area contributed by atoms with Crippen LogP contribution in [0.1, 0.15) is 22.3 Å². The molecule has 1 amide bonds. The number of fused-ring (bicyclic) bond motifs is 1. The fourth-order valence-corrected chi connectivity index (χ4v) is 5.22. The zero-order chi connectivity index (χ0) is 24.5. The topological polar surface area (TPSA) is 84.0 Å². The fraction of sp³-hybridized carbons (Fsp3) is 0.231. The maximum atomic E-state index is 12.2. The number of amides is 1. The zero-order valence-electron chi connectivity index (χ0n) is 19.3. The summed E-state index contributed by atoms with van der Waals surface area (Å²) in [5, 5.41) is 3.45. The van der Waals surface area contributed by atoms with E-state index >= 15 is 0 Å². The summed E-state index contributed by atoms with van der Waals surface area (Å²) in [5.41, 5.74) is 7.41. The van der Waals surface area contributed by atoms with Crippen molar-refractivity contribution in [2.24, 2.45) is 0 Å². The van der Waals surface area contributed by atoms with Crippen LogP contribution in [0.15, 0.2) is 59.5 Å². The number of hydrazine groups is 1. The van der Waals surface area contributed by atoms with Crippen LogP contribution in [-0.2, 0) is 37.2 Å². The predicted octanol–water partition coefficient (Wildman–Crippen LogP) is 3.99. The first-order valence-corrected chi connectivity index (χ1v) is 12.7. The molecule has 3 aromatic carbocycles. The van der Waals surface area contributed by atoms with Gasteiger partial charge in [-0.2, -0.15) is 0 Å². The Balaban J connectivity index is 1.68. The molecule has 0 aromatic heterocycles. The van der Waals surface area contributed by atoms with Crippen molar-refractivity contribution in [1.29, 1.82) is 0 Å². The molecule has 0 N–H and O–H groups in total. The maximum absolute atomic E-state index is 12.2. The molecule has 1 aliphatic rings. The molecule has 1 aliphatic heterocycles. The third-order valence-corrected chi connectivity index (χ3v) is 7.14. The minimum absolute atomic E-state index is 0.210. The lowest BCUT2D eigenvalue weighted by Gasteiger charge is -2.31. The van der Waals surface area contributed by atoms with E-state index < -0.39 is 9.84 Å². The first-order valence-electron chi connectivity index (χ1n) is 10.8. The van der Waals surface area contributed by atoms with Gasteiger partial charge in [-0.05, 0) is 90.0 Å². The van der Waals surface area contributed by atoms with E-state index in [1.807, 2.05) is 55.3 Å². The second-order valence-electron chi connectivity index (χ2n) is 8.45. The Morgan fingerprint density at radius 1 is 1.03 bits per heavy atom. The number of hydrogen-bond donors (Lipinski definition) is 0. The largest absolute Gasteiger partial charge is 0.463 e. The van der Waals surface area contributed by atoms with Crippen molar-refractivity contribution in [3.05, 3.63) is 76.9 Å². The van der Waals surface area contributed by atoms with Crippen LogP contribution in [0.25, 0.3) is 11.1 Å². The highest BCUT2D eigenvalue weighted by Gasteiger charge is 2.27. The average Bonchev–Trinajstić information content (AvgIpc) is 3.21. The molecule has 0 bridgehead atoms. The SMILES string of the molecule is Cc1cc(N(C=O)N2CCc3cc(S(C)(=O)=O)ccc32)cc(C)c1-c1cccc(COC=O)c1. The Hall–Kier alpha value is -3.65. The van der Waals surface area contributed by atoms with Crippen molar-refractivity contribution >= 4 is 34.1 Å². The second-order valence-corrected chi connectivity index (χ2v) is 10.5. The summed E-state index contributed by atoms with van der Waals surface area (Å²) in [5.74, 6) is 0. The Morgan fingerprint density at radius 2 is 1.76 bits per heavy atom. The third kappa shape index (κ3) is 4.54. The Morgan fingerprint density at radius 3 is 2.41 bits per heavy atom. The van der Waals surface area contributed by atoms with E-state index in [4.69, 9.17) is 4.74 Å². The minimum Gasteiger partial charge on any atom is -0.463 e. The van der Waals surface area contributed by atoms with Crippen LogP contribution in [0, 0.1) is 13.8 Å². The number of aryl methyl sites for hydroxylation is 2. The molecule has 8 heteroatoms. The molecular formula is C26H26N2O5S. The first-order chi connectivity index (χ1) is 16.2. The molecule has 0 spiro atoms. The Labute approximate surface area is 199 Å². The van der Waals surface area contributed by atoms with Gasteiger partial charge in [0, 0.05) is 12.8 Å². The predicted molar refractivity (Wildman–Crippen MR) is 131 cm³/mol. The highest BCUT2D eigenvalue weighted by molar-refractivity contribution is 7.90. The van der Waals surface area contributed by atoms with Crippen molar-refractivity contribution in [3.8, 4) is 11.1 Å². The summed E-state index contributed by atoms with van der Waals surface area (Å²) < 4.78 is 28.7. The van der Waals surface area contributed by atoms with Gasteiger partial charge in [0.15, 0.2) is 9.84 Å². The average molecular weight is 479 g/mol. The molecular weight excluding hydrogens is 452 g/mol. The van der Waals surface area contributed by atoms with E-state index in [1.165, 1.54) is 6.26 Å². The molecule has 0 saturated carbocycles. The summed E-state index contributed by atoms with van der Waals surface area (Å²) in [6, 6.07) is 16.8. The summed E-state index contributed by atoms with van der Waals surface area (Å²) in [4.78, 5) is 23.0. The van der Waals surface area contributed by atoms with Gasteiger partial charge in [-0.25, -0.2) is 13.4 Å². The number of carbonyl (C=O) groups excluding carboxylic acids is 2. The second kappa shape index (κ2) is 9.30. The normalized spacial score (nSPS) is 12.9. The number of anilines is 2. The molecule has 0 saturated heterocycles. The van der Waals surface area contributed by atoms with Crippen LogP contribution in [-0.4, -0.2) is 34.1 Å². The molecule has 0 aliphatic carbocycles. The summed E-state index contributed by atoms with van der Waals surface area (Å²) >= 11 is 0. The lowest BCUT2D eigenvalue weighted by atomic mass is 9.94. The van der Waals surface area contributed by atoms with E-state index in [9.17, 15) is 18.0 Å². The molecule has 0 atom stereocenters. The molecule has 7 nitrogen and oxygen atoms in total. The zero-order valence-corrected chi connectivity index (χ0v) is 20.1. The van der Waals surface area contributed by atoms with Gasteiger partial charge in [0.25, 0.3) is 6.47 Å². The molecule has 0 radical (unpaired) electrons. The highest BCUT2D eigenvalue weighted by Crippen LogP contribution is 2.36. The lowest BCUT2D eigenvalue weighted by molar-refractivity contribution is -0.129. The number of hydrogen-bond acceptors (Lipinski definition) is 6. The highest BCUT2D eigenvalue weighted by atomic mass is 32.2. The van der Waals surface area contributed by atoms with Gasteiger partial charge in [-0.15, -0.1) is 0 Å². The summed E-state index contributed by atoms with van der Waals surface area (Å²) in [6.07, 6.45) is 2.62. The molecule has 176 valence electrons. The van der Waals surface area contributed by atoms with Crippen LogP contribution in [0.5, 0.6) is 0 Å². The standard InChI is InChI=1S/C26H26N2O5S/c1-18-11-23(12-19(2)26(18)22-6-4-5-20(13-22)15-33-17-30)28(16-29)27-10-9-21-14-24(34(3,31)32)7-8-25(21)27/h4-8,11-14,16-17H,9-10,15H2,1-3H3. The quantitative estimate of drug-likeness (QED) is 0.455. The molecule has 3 aromatic rings. The van der Waals surface area contributed by atoms with E-state index in [0.717, 1.165) is 51.2 Å². The number of carbonyl (C=O) groups is 2. The molecule has 34 heavy (non-hydrogen) atoms. The molecule has 4 rings (SSSR count). The van der Waals surface area contributed by atoms with Gasteiger partial charge in [0.05, 0.1) is 16.3 Å². The molecule has 1 heterocycles. The van der Waals surface area contributed by atoms with Crippen molar-refractivity contribution < 1.29 is 22.7 Å². The fourth-order valence-electron chi connectivity index (χ4n) is 4.55. The summed E-state index contributed by atoms with van der Waals surface area (Å²) in [6.45, 7) is 5.21. The summed E-state index contributed by atoms with van der Waals surface area (Å²) in [7, 11) is -3.30. The van der Waals surface area contributed by atoms with Crippen molar-refractivity contribution in [2.75, 3.05) is 22.8 Å². The minimum atomic E-state index is -3.30. The monoisotopic (exact) mass is 478 g/mol. The number of sulfone groups is 1. The third-order valence-electron chi connectivity index (χ3n) is 6.03. The first kappa shape index (κ1) is 23.5. The van der Waals surface area contributed by atoms with E-state index in [0.29, 0.717) is 19.4 Å². The van der Waals surface area contributed by atoms with Gasteiger partial charge in [0.2, 0.25) is 6.41 Å². The van der Waals surface area contributed by atoms with Crippen molar-refractivity contribution in [2.45, 2.75) is 31.8 Å². The van der Waals surface area contributed by atoms with E-state index in [2.05, 4.69) is 0 Å².